The largest absolute Gasteiger partial charge is 0.481 e. The Balaban J connectivity index is 1.48. The summed E-state index contributed by atoms with van der Waals surface area (Å²) >= 11 is 0. The van der Waals surface area contributed by atoms with Crippen molar-refractivity contribution < 1.29 is 30.1 Å². The minimum absolute atomic E-state index is 0.0424. The van der Waals surface area contributed by atoms with E-state index in [2.05, 4.69) is 17.1 Å². The van der Waals surface area contributed by atoms with Gasteiger partial charge < -0.3 is 31.0 Å². The molecule has 1 aromatic heterocycles. The first-order valence-electron chi connectivity index (χ1n) is 13.5. The van der Waals surface area contributed by atoms with Gasteiger partial charge in [-0.05, 0) is 44.6 Å². The van der Waals surface area contributed by atoms with Crippen molar-refractivity contribution >= 4 is 11.8 Å². The Hall–Kier alpha value is -2.31. The maximum absolute atomic E-state index is 12.0. The van der Waals surface area contributed by atoms with E-state index in [-0.39, 0.29) is 18.8 Å². The van der Waals surface area contributed by atoms with E-state index in [1.165, 1.54) is 12.3 Å². The second-order valence-corrected chi connectivity index (χ2v) is 9.69. The van der Waals surface area contributed by atoms with Crippen LogP contribution in [0.3, 0.4) is 0 Å². The monoisotopic (exact) mass is 524 g/mol. The highest BCUT2D eigenvalue weighted by molar-refractivity contribution is 5.66. The van der Waals surface area contributed by atoms with Gasteiger partial charge in [-0.2, -0.15) is 10.0 Å². The highest BCUT2D eigenvalue weighted by Gasteiger charge is 2.46. The Morgan fingerprint density at radius 1 is 0.973 bits per heavy atom. The highest BCUT2D eigenvalue weighted by atomic mass is 16.6. The molecular weight excluding hydrogens is 480 g/mol. The predicted octanol–water partition coefficient (Wildman–Crippen LogP) is 3.20. The van der Waals surface area contributed by atoms with E-state index in [1.54, 1.807) is 0 Å². The number of aliphatic hydroxyl groups excluding tert-OH is 2. The molecule has 0 aliphatic carbocycles. The molecule has 0 bridgehead atoms. The lowest BCUT2D eigenvalue weighted by molar-refractivity contribution is -0.235. The number of nitrogen functional groups attached to an aromatic ring is 1. The number of hydroxylamine groups is 2. The number of aromatic nitrogens is 2. The van der Waals surface area contributed by atoms with Gasteiger partial charge in [-0.3, -0.25) is 9.36 Å². The number of nitrogens with zero attached hydrogens (tertiary/aromatic N) is 3. The highest BCUT2D eigenvalue weighted by Crippen LogP contribution is 2.30. The number of nitrogens with two attached hydrogens (primary N) is 1. The lowest BCUT2D eigenvalue weighted by Crippen LogP contribution is -2.42. The maximum atomic E-state index is 12.0. The minimum Gasteiger partial charge on any atom is -0.481 e. The Kier molecular flexibility index (Phi) is 14.4. The third-order valence-corrected chi connectivity index (χ3v) is 6.57. The number of ether oxygens (including phenoxy) is 1. The standard InChI is InChI=1S/C26H44N4O7/c27-20-17-19-29(26(35)28-20)24-22(33)23(34)25(37-24)30(36)18-15-13-11-9-7-5-3-1-2-4-6-8-10-12-14-16-21(31)32/h1-2,17,19,22-25,33-34,36H,3-16,18H2,(H,31,32)(H2,27,28,35)/b2-1+/t22-,23+,24-,25+/m1/s1. The molecule has 2 heterocycles. The summed E-state index contributed by atoms with van der Waals surface area (Å²) in [6.07, 6.45) is 14.5. The number of rotatable bonds is 19. The van der Waals surface area contributed by atoms with Crippen molar-refractivity contribution in [3.8, 4) is 0 Å². The first-order chi connectivity index (χ1) is 17.8. The van der Waals surface area contributed by atoms with Crippen LogP contribution in [0.15, 0.2) is 29.2 Å². The van der Waals surface area contributed by atoms with Crippen LogP contribution in [0.5, 0.6) is 0 Å². The van der Waals surface area contributed by atoms with Crippen molar-refractivity contribution in [1.82, 2.24) is 14.6 Å². The van der Waals surface area contributed by atoms with Crippen LogP contribution in [0.1, 0.15) is 96.1 Å². The molecule has 2 rings (SSSR count). The third kappa shape index (κ3) is 11.3. The number of carboxylic acids is 1. The molecule has 1 saturated heterocycles. The Labute approximate surface area is 218 Å². The summed E-state index contributed by atoms with van der Waals surface area (Å²) in [4.78, 5) is 26.1. The average Bonchev–Trinajstić information content (AvgIpc) is 3.15. The van der Waals surface area contributed by atoms with Crippen molar-refractivity contribution in [2.24, 2.45) is 0 Å². The first kappa shape index (κ1) is 30.9. The summed E-state index contributed by atoms with van der Waals surface area (Å²) in [7, 11) is 0. The van der Waals surface area contributed by atoms with Crippen LogP contribution in [0, 0.1) is 0 Å². The van der Waals surface area contributed by atoms with Crippen molar-refractivity contribution in [1.29, 1.82) is 0 Å². The molecule has 11 heteroatoms. The lowest BCUT2D eigenvalue weighted by Gasteiger charge is -2.24. The van der Waals surface area contributed by atoms with E-state index < -0.39 is 36.3 Å². The van der Waals surface area contributed by atoms with Gasteiger partial charge in [0.1, 0.15) is 18.0 Å². The summed E-state index contributed by atoms with van der Waals surface area (Å²) in [5.74, 6) is -0.666. The number of hydrogen-bond acceptors (Lipinski definition) is 9. The van der Waals surface area contributed by atoms with Crippen molar-refractivity contribution in [2.75, 3.05) is 12.3 Å². The molecule has 37 heavy (non-hydrogen) atoms. The van der Waals surface area contributed by atoms with E-state index >= 15 is 0 Å². The van der Waals surface area contributed by atoms with Gasteiger partial charge >= 0.3 is 11.7 Å². The van der Waals surface area contributed by atoms with E-state index in [1.807, 2.05) is 0 Å². The van der Waals surface area contributed by atoms with Gasteiger partial charge in [0, 0.05) is 19.2 Å². The number of anilines is 1. The van der Waals surface area contributed by atoms with Gasteiger partial charge in [-0.1, -0.05) is 57.1 Å². The zero-order valence-electron chi connectivity index (χ0n) is 21.7. The number of hydrogen-bond donors (Lipinski definition) is 5. The number of aliphatic carboxylic acids is 1. The molecule has 11 nitrogen and oxygen atoms in total. The van der Waals surface area contributed by atoms with Crippen LogP contribution in [-0.4, -0.2) is 66.1 Å². The van der Waals surface area contributed by atoms with Gasteiger partial charge in [0.05, 0.1) is 0 Å². The molecule has 1 aliphatic rings. The molecule has 0 saturated carbocycles. The Bertz CT molecular complexity index is 879. The molecule has 6 N–H and O–H groups in total. The molecule has 1 fully saturated rings. The van der Waals surface area contributed by atoms with Crippen molar-refractivity contribution in [3.05, 3.63) is 34.9 Å². The molecule has 0 amide bonds. The maximum Gasteiger partial charge on any atom is 0.351 e. The molecule has 0 radical (unpaired) electrons. The number of unbranched alkanes of at least 4 members (excludes halogenated alkanes) is 11. The number of allylic oxidation sites excluding steroid dienone is 2. The smallest absolute Gasteiger partial charge is 0.351 e. The second-order valence-electron chi connectivity index (χ2n) is 9.69. The van der Waals surface area contributed by atoms with Gasteiger partial charge in [0.2, 0.25) is 0 Å². The second kappa shape index (κ2) is 17.2. The van der Waals surface area contributed by atoms with Gasteiger partial charge in [0.25, 0.3) is 0 Å². The summed E-state index contributed by atoms with van der Waals surface area (Å²) in [5.41, 5.74) is 4.77. The van der Waals surface area contributed by atoms with Crippen LogP contribution in [-0.2, 0) is 9.53 Å². The zero-order chi connectivity index (χ0) is 27.0. The molecule has 0 spiro atoms. The molecule has 1 aliphatic heterocycles. The van der Waals surface area contributed by atoms with E-state index in [0.717, 1.165) is 86.7 Å². The zero-order valence-corrected chi connectivity index (χ0v) is 21.7. The van der Waals surface area contributed by atoms with Crippen LogP contribution >= 0.6 is 0 Å². The fourth-order valence-corrected chi connectivity index (χ4v) is 4.41. The molecule has 0 unspecified atom stereocenters. The van der Waals surface area contributed by atoms with Crippen LogP contribution in [0.4, 0.5) is 5.82 Å². The van der Waals surface area contributed by atoms with E-state index in [4.69, 9.17) is 15.6 Å². The van der Waals surface area contributed by atoms with Gasteiger partial charge in [-0.25, -0.2) is 4.79 Å². The molecular formula is C26H44N4O7. The first-order valence-corrected chi connectivity index (χ1v) is 13.5. The summed E-state index contributed by atoms with van der Waals surface area (Å²) in [6.45, 7) is 0.276. The fraction of sp³-hybridized carbons (Fsp3) is 0.731. The molecule has 4 atom stereocenters. The summed E-state index contributed by atoms with van der Waals surface area (Å²) in [5, 5.41) is 40.4. The Morgan fingerprint density at radius 3 is 2.14 bits per heavy atom. The van der Waals surface area contributed by atoms with Crippen LogP contribution in [0.25, 0.3) is 0 Å². The van der Waals surface area contributed by atoms with E-state index in [9.17, 15) is 25.0 Å². The topological polar surface area (TPSA) is 171 Å². The normalized spacial score (nSPS) is 21.8. The number of carbonyl (C=O) groups is 1. The summed E-state index contributed by atoms with van der Waals surface area (Å²) < 4.78 is 6.62. The number of carboxylic acid groups (broad SMARTS) is 1. The average molecular weight is 525 g/mol. The minimum atomic E-state index is -1.40. The predicted molar refractivity (Wildman–Crippen MR) is 139 cm³/mol. The van der Waals surface area contributed by atoms with E-state index in [0.29, 0.717) is 6.42 Å². The quantitative estimate of drug-likeness (QED) is 0.103. The SMILES string of the molecule is Nc1ccn([C@@H]2O[C@H](N(O)CCCCCCCC/C=C/CCCCCCCC(=O)O)[C@@H](O)[C@H]2O)c(=O)n1. The number of aliphatic hydroxyl groups is 2. The molecule has 1 aromatic rings. The third-order valence-electron chi connectivity index (χ3n) is 6.57. The van der Waals surface area contributed by atoms with Crippen LogP contribution in [0.2, 0.25) is 0 Å². The van der Waals surface area contributed by atoms with Crippen molar-refractivity contribution in [3.63, 3.8) is 0 Å². The van der Waals surface area contributed by atoms with Gasteiger partial charge in [0.15, 0.2) is 12.5 Å². The summed E-state index contributed by atoms with van der Waals surface area (Å²) in [6, 6.07) is 1.39. The van der Waals surface area contributed by atoms with Crippen molar-refractivity contribution in [2.45, 2.75) is 115 Å². The van der Waals surface area contributed by atoms with Crippen LogP contribution < -0.4 is 11.4 Å². The van der Waals surface area contributed by atoms with Gasteiger partial charge in [-0.15, -0.1) is 0 Å². The molecule has 210 valence electrons. The molecule has 0 aromatic carbocycles. The lowest BCUT2D eigenvalue weighted by atomic mass is 10.1. The fourth-order valence-electron chi connectivity index (χ4n) is 4.41. The Morgan fingerprint density at radius 2 is 1.54 bits per heavy atom.